The lowest BCUT2D eigenvalue weighted by Crippen LogP contribution is -2.39. The Morgan fingerprint density at radius 3 is 2.55 bits per heavy atom. The molecule has 0 bridgehead atoms. The molecular formula is C28H34N6O3S. The largest absolute Gasteiger partial charge is 0.394 e. The predicted octanol–water partition coefficient (Wildman–Crippen LogP) is 4.34. The summed E-state index contributed by atoms with van der Waals surface area (Å²) in [5.74, 6) is 0.430. The number of fused-ring (bicyclic) bond motifs is 1. The van der Waals surface area contributed by atoms with Crippen molar-refractivity contribution in [3.63, 3.8) is 0 Å². The molecule has 10 heteroatoms. The number of aromatic nitrogens is 3. The van der Waals surface area contributed by atoms with E-state index < -0.39 is 0 Å². The number of nitrogens with zero attached hydrogens (tertiary/aromatic N) is 3. The zero-order valence-electron chi connectivity index (χ0n) is 22.1. The second kappa shape index (κ2) is 12.2. The summed E-state index contributed by atoms with van der Waals surface area (Å²) in [5.41, 5.74) is 3.21. The number of amides is 2. The van der Waals surface area contributed by atoms with Gasteiger partial charge in [-0.25, -0.2) is 9.97 Å². The van der Waals surface area contributed by atoms with E-state index in [0.717, 1.165) is 16.9 Å². The fourth-order valence-electron chi connectivity index (χ4n) is 4.25. The quantitative estimate of drug-likeness (QED) is 0.227. The molecule has 4 rings (SSSR count). The topological polar surface area (TPSA) is 121 Å². The van der Waals surface area contributed by atoms with E-state index in [2.05, 4.69) is 20.9 Å². The molecule has 0 radical (unpaired) electrons. The summed E-state index contributed by atoms with van der Waals surface area (Å²) in [5, 5.41) is 22.8. The van der Waals surface area contributed by atoms with E-state index in [1.54, 1.807) is 28.9 Å². The van der Waals surface area contributed by atoms with Gasteiger partial charge in [-0.1, -0.05) is 19.9 Å². The molecule has 0 fully saturated rings. The summed E-state index contributed by atoms with van der Waals surface area (Å²) in [6.07, 6.45) is 4.10. The highest BCUT2D eigenvalue weighted by Gasteiger charge is 2.25. The molecule has 0 saturated heterocycles. The summed E-state index contributed by atoms with van der Waals surface area (Å²) >= 11 is 1.50. The molecule has 0 unspecified atom stereocenters. The maximum atomic E-state index is 13.5. The summed E-state index contributed by atoms with van der Waals surface area (Å²) in [6, 6.07) is 9.01. The number of pyridine rings is 2. The average molecular weight is 535 g/mol. The van der Waals surface area contributed by atoms with Gasteiger partial charge in [-0.15, -0.1) is 0 Å². The number of aliphatic hydroxyl groups excluding tert-OH is 1. The number of anilines is 1. The first-order valence-corrected chi connectivity index (χ1v) is 13.7. The number of rotatable bonds is 11. The van der Waals surface area contributed by atoms with Crippen molar-refractivity contribution < 1.29 is 14.7 Å². The molecule has 0 spiro atoms. The van der Waals surface area contributed by atoms with E-state index in [1.165, 1.54) is 11.3 Å². The maximum absolute atomic E-state index is 13.5. The van der Waals surface area contributed by atoms with Gasteiger partial charge in [0.05, 0.1) is 18.2 Å². The third-order valence-electron chi connectivity index (χ3n) is 5.93. The van der Waals surface area contributed by atoms with Gasteiger partial charge in [-0.2, -0.15) is 11.3 Å². The van der Waals surface area contributed by atoms with E-state index >= 15 is 0 Å². The van der Waals surface area contributed by atoms with Gasteiger partial charge < -0.3 is 21.1 Å². The maximum Gasteiger partial charge on any atom is 0.270 e. The van der Waals surface area contributed by atoms with Crippen LogP contribution in [0.15, 0.2) is 53.5 Å². The monoisotopic (exact) mass is 534 g/mol. The molecule has 0 aliphatic carbocycles. The highest BCUT2D eigenvalue weighted by molar-refractivity contribution is 7.08. The van der Waals surface area contributed by atoms with E-state index in [9.17, 15) is 14.7 Å². The van der Waals surface area contributed by atoms with Crippen LogP contribution in [-0.4, -0.2) is 50.0 Å². The Bertz CT molecular complexity index is 1380. The minimum atomic E-state index is -0.384. The molecule has 9 nitrogen and oxygen atoms in total. The van der Waals surface area contributed by atoms with E-state index in [4.69, 9.17) is 4.98 Å². The standard InChI is InChI=1S/C28H34N6O3S/c1-17(2)12-21(15-35)32-28(37)25-24(20-9-11-38-16-20)33-26-22(6-5-10-34(25)26)27(36)30-14-19-7-8-23(29-13-19)31-18(3)4/h5-11,13,16-18,21,35H,12,14-15H2,1-4H3,(H,29,31)(H,30,36)(H,32,37)/t21-/m0/s1. The van der Waals surface area contributed by atoms with Crippen LogP contribution in [0.2, 0.25) is 0 Å². The van der Waals surface area contributed by atoms with Crippen LogP contribution < -0.4 is 16.0 Å². The minimum Gasteiger partial charge on any atom is -0.394 e. The van der Waals surface area contributed by atoms with Gasteiger partial charge in [0.1, 0.15) is 17.2 Å². The van der Waals surface area contributed by atoms with Crippen LogP contribution in [0.3, 0.4) is 0 Å². The molecule has 0 aliphatic rings. The molecule has 1 atom stereocenters. The lowest BCUT2D eigenvalue weighted by atomic mass is 10.0. The Kier molecular flexibility index (Phi) is 8.75. The number of nitrogens with one attached hydrogen (secondary N) is 3. The first kappa shape index (κ1) is 27.3. The van der Waals surface area contributed by atoms with Crippen LogP contribution in [0.25, 0.3) is 16.9 Å². The van der Waals surface area contributed by atoms with Crippen molar-refractivity contribution in [3.05, 3.63) is 70.3 Å². The number of hydrogen-bond donors (Lipinski definition) is 4. The second-order valence-corrected chi connectivity index (χ2v) is 10.7. The number of thiophene rings is 1. The van der Waals surface area contributed by atoms with Crippen LogP contribution >= 0.6 is 11.3 Å². The Hall–Kier alpha value is -3.76. The van der Waals surface area contributed by atoms with E-state index in [-0.39, 0.29) is 30.5 Å². The van der Waals surface area contributed by atoms with Crippen LogP contribution in [0.1, 0.15) is 60.5 Å². The average Bonchev–Trinajstić information content (AvgIpc) is 3.55. The van der Waals surface area contributed by atoms with Crippen LogP contribution in [-0.2, 0) is 6.54 Å². The van der Waals surface area contributed by atoms with Gasteiger partial charge in [0.2, 0.25) is 0 Å². The predicted molar refractivity (Wildman–Crippen MR) is 150 cm³/mol. The van der Waals surface area contributed by atoms with Gasteiger partial charge in [0.15, 0.2) is 5.65 Å². The first-order valence-electron chi connectivity index (χ1n) is 12.7. The first-order chi connectivity index (χ1) is 18.3. The van der Waals surface area contributed by atoms with Crippen LogP contribution in [0.5, 0.6) is 0 Å². The van der Waals surface area contributed by atoms with Crippen molar-refractivity contribution in [2.24, 2.45) is 5.92 Å². The summed E-state index contributed by atoms with van der Waals surface area (Å²) < 4.78 is 1.65. The lowest BCUT2D eigenvalue weighted by Gasteiger charge is -2.18. The van der Waals surface area contributed by atoms with Crippen molar-refractivity contribution in [1.29, 1.82) is 0 Å². The van der Waals surface area contributed by atoms with Crippen molar-refractivity contribution in [3.8, 4) is 11.3 Å². The third kappa shape index (κ3) is 6.38. The fourth-order valence-corrected chi connectivity index (χ4v) is 4.89. The van der Waals surface area contributed by atoms with Gasteiger partial charge in [0.25, 0.3) is 11.8 Å². The smallest absolute Gasteiger partial charge is 0.270 e. The number of imidazole rings is 1. The molecule has 4 N–H and O–H groups in total. The summed E-state index contributed by atoms with van der Waals surface area (Å²) in [6.45, 7) is 8.30. The van der Waals surface area contributed by atoms with Gasteiger partial charge >= 0.3 is 0 Å². The van der Waals surface area contributed by atoms with Crippen molar-refractivity contribution >= 4 is 34.6 Å². The third-order valence-corrected chi connectivity index (χ3v) is 6.61. The molecular weight excluding hydrogens is 500 g/mol. The SMILES string of the molecule is CC(C)C[C@@H](CO)NC(=O)c1c(-c2ccsc2)nc2c(C(=O)NCc3ccc(NC(C)C)nc3)cccn12. The molecule has 200 valence electrons. The molecule has 38 heavy (non-hydrogen) atoms. The molecule has 4 aromatic rings. The highest BCUT2D eigenvalue weighted by Crippen LogP contribution is 2.28. The van der Waals surface area contributed by atoms with Gasteiger partial charge in [-0.3, -0.25) is 14.0 Å². The van der Waals surface area contributed by atoms with Gasteiger partial charge in [-0.05, 0) is 61.4 Å². The zero-order valence-corrected chi connectivity index (χ0v) is 22.9. The number of carbonyl (C=O) groups excluding carboxylic acids is 2. The molecule has 4 heterocycles. The summed E-state index contributed by atoms with van der Waals surface area (Å²) in [7, 11) is 0. The number of aliphatic hydroxyl groups is 1. The van der Waals surface area contributed by atoms with E-state index in [0.29, 0.717) is 41.5 Å². The van der Waals surface area contributed by atoms with E-state index in [1.807, 2.05) is 56.7 Å². The lowest BCUT2D eigenvalue weighted by molar-refractivity contribution is 0.0901. The minimum absolute atomic E-state index is 0.161. The Morgan fingerprint density at radius 1 is 1.11 bits per heavy atom. The Balaban J connectivity index is 1.62. The number of hydrogen-bond acceptors (Lipinski definition) is 7. The fraction of sp³-hybridized carbons (Fsp3) is 0.357. The molecule has 4 aromatic heterocycles. The Morgan fingerprint density at radius 2 is 1.92 bits per heavy atom. The van der Waals surface area contributed by atoms with Crippen molar-refractivity contribution in [2.75, 3.05) is 11.9 Å². The van der Waals surface area contributed by atoms with Crippen molar-refractivity contribution in [2.45, 2.75) is 52.7 Å². The number of carbonyl (C=O) groups is 2. The summed E-state index contributed by atoms with van der Waals surface area (Å²) in [4.78, 5) is 35.9. The molecule has 2 amide bonds. The molecule has 0 saturated carbocycles. The molecule has 0 aromatic carbocycles. The Labute approximate surface area is 226 Å². The second-order valence-electron chi connectivity index (χ2n) is 9.95. The van der Waals surface area contributed by atoms with Crippen LogP contribution in [0.4, 0.5) is 5.82 Å². The van der Waals surface area contributed by atoms with Crippen molar-refractivity contribution in [1.82, 2.24) is 25.0 Å². The normalized spacial score (nSPS) is 12.2. The molecule has 0 aliphatic heterocycles. The zero-order chi connectivity index (χ0) is 27.2. The van der Waals surface area contributed by atoms with Crippen LogP contribution in [0, 0.1) is 5.92 Å². The van der Waals surface area contributed by atoms with Gasteiger partial charge in [0, 0.05) is 35.9 Å². The highest BCUT2D eigenvalue weighted by atomic mass is 32.1.